The molecule has 1 unspecified atom stereocenters. The van der Waals surface area contributed by atoms with Gasteiger partial charge >= 0.3 is 6.18 Å². The second-order valence-corrected chi connectivity index (χ2v) is 4.42. The van der Waals surface area contributed by atoms with Crippen molar-refractivity contribution in [3.63, 3.8) is 0 Å². The fraction of sp³-hybridized carbons (Fsp3) is 0.385. The molecule has 3 N–H and O–H groups in total. The molecular formula is C13H15F3N2O3. The molecule has 0 aliphatic carbocycles. The van der Waals surface area contributed by atoms with Crippen molar-refractivity contribution < 1.29 is 27.9 Å². The van der Waals surface area contributed by atoms with Crippen LogP contribution in [0.3, 0.4) is 0 Å². The Morgan fingerprint density at radius 2 is 1.81 bits per heavy atom. The number of carbonyl (C=O) groups excluding carboxylic acids is 2. The van der Waals surface area contributed by atoms with Crippen molar-refractivity contribution in [1.29, 1.82) is 0 Å². The van der Waals surface area contributed by atoms with Gasteiger partial charge in [-0.1, -0.05) is 12.1 Å². The predicted molar refractivity (Wildman–Crippen MR) is 69.5 cm³/mol. The molecule has 116 valence electrons. The molecule has 0 aromatic heterocycles. The fourth-order valence-electron chi connectivity index (χ4n) is 1.48. The van der Waals surface area contributed by atoms with Crippen LogP contribution in [0.25, 0.3) is 0 Å². The first-order valence-electron chi connectivity index (χ1n) is 6.06. The standard InChI is InChI=1S/C13H15F3N2O3/c1-8(19)18-10-4-2-9(3-5-10)6-12(21)17-7-11(20)13(14,15)16/h2-5,11,20H,6-7H2,1H3,(H,17,21)(H,18,19). The average molecular weight is 304 g/mol. The Kier molecular flexibility index (Phi) is 5.71. The fourth-order valence-corrected chi connectivity index (χ4v) is 1.48. The minimum absolute atomic E-state index is 0.120. The zero-order valence-corrected chi connectivity index (χ0v) is 11.2. The molecular weight excluding hydrogens is 289 g/mol. The van der Waals surface area contributed by atoms with Crippen LogP contribution in [0.15, 0.2) is 24.3 Å². The molecule has 0 fully saturated rings. The number of carbonyl (C=O) groups is 2. The van der Waals surface area contributed by atoms with Crippen LogP contribution in [0.5, 0.6) is 0 Å². The van der Waals surface area contributed by atoms with Gasteiger partial charge < -0.3 is 15.7 Å². The molecule has 21 heavy (non-hydrogen) atoms. The predicted octanol–water partition coefficient (Wildman–Crippen LogP) is 1.23. The summed E-state index contributed by atoms with van der Waals surface area (Å²) in [7, 11) is 0. The van der Waals surface area contributed by atoms with Crippen LogP contribution in [0.4, 0.5) is 18.9 Å². The summed E-state index contributed by atoms with van der Waals surface area (Å²) in [5, 5.41) is 13.3. The lowest BCUT2D eigenvalue weighted by molar-refractivity contribution is -0.201. The number of halogens is 3. The lowest BCUT2D eigenvalue weighted by Gasteiger charge is -2.15. The van der Waals surface area contributed by atoms with Gasteiger partial charge in [-0.3, -0.25) is 9.59 Å². The average Bonchev–Trinajstić information content (AvgIpc) is 2.36. The summed E-state index contributed by atoms with van der Waals surface area (Å²) in [6.45, 7) is 0.472. The van der Waals surface area contributed by atoms with E-state index in [9.17, 15) is 22.8 Å². The van der Waals surface area contributed by atoms with E-state index in [-0.39, 0.29) is 12.3 Å². The molecule has 0 bridgehead atoms. The third kappa shape index (κ3) is 6.26. The van der Waals surface area contributed by atoms with Gasteiger partial charge in [0, 0.05) is 12.6 Å². The highest BCUT2D eigenvalue weighted by Crippen LogP contribution is 2.19. The molecule has 1 aromatic rings. The molecule has 0 saturated carbocycles. The molecule has 1 atom stereocenters. The third-order valence-electron chi connectivity index (χ3n) is 2.51. The number of alkyl halides is 3. The topological polar surface area (TPSA) is 78.4 Å². The molecule has 0 spiro atoms. The number of aliphatic hydroxyl groups is 1. The van der Waals surface area contributed by atoms with Crippen molar-refractivity contribution in [2.24, 2.45) is 0 Å². The minimum atomic E-state index is -4.76. The molecule has 2 amide bonds. The summed E-state index contributed by atoms with van der Waals surface area (Å²) in [5.41, 5.74) is 1.13. The highest BCUT2D eigenvalue weighted by Gasteiger charge is 2.38. The van der Waals surface area contributed by atoms with Gasteiger partial charge in [-0.25, -0.2) is 0 Å². The number of rotatable bonds is 5. The number of hydrogen-bond donors (Lipinski definition) is 3. The van der Waals surface area contributed by atoms with Crippen molar-refractivity contribution >= 4 is 17.5 Å². The Morgan fingerprint density at radius 3 is 2.29 bits per heavy atom. The van der Waals surface area contributed by atoms with Crippen molar-refractivity contribution in [2.75, 3.05) is 11.9 Å². The summed E-state index contributed by atoms with van der Waals surface area (Å²) >= 11 is 0. The van der Waals surface area contributed by atoms with E-state index in [0.717, 1.165) is 0 Å². The van der Waals surface area contributed by atoms with E-state index in [0.29, 0.717) is 11.3 Å². The Morgan fingerprint density at radius 1 is 1.24 bits per heavy atom. The number of nitrogens with one attached hydrogen (secondary N) is 2. The van der Waals surface area contributed by atoms with Crippen LogP contribution in [-0.4, -0.2) is 35.7 Å². The van der Waals surface area contributed by atoms with E-state index in [1.54, 1.807) is 24.3 Å². The second-order valence-electron chi connectivity index (χ2n) is 4.42. The maximum atomic E-state index is 12.0. The largest absolute Gasteiger partial charge is 0.416 e. The van der Waals surface area contributed by atoms with Crippen molar-refractivity contribution in [1.82, 2.24) is 5.32 Å². The van der Waals surface area contributed by atoms with Crippen LogP contribution in [0, 0.1) is 0 Å². The van der Waals surface area contributed by atoms with Crippen LogP contribution in [0.1, 0.15) is 12.5 Å². The number of benzene rings is 1. The van der Waals surface area contributed by atoms with Gasteiger partial charge in [-0.05, 0) is 17.7 Å². The summed E-state index contributed by atoms with van der Waals surface area (Å²) in [4.78, 5) is 22.3. The quantitative estimate of drug-likeness (QED) is 0.765. The van der Waals surface area contributed by atoms with Crippen molar-refractivity contribution in [2.45, 2.75) is 25.6 Å². The third-order valence-corrected chi connectivity index (χ3v) is 2.51. The Bertz CT molecular complexity index is 500. The smallest absolute Gasteiger partial charge is 0.382 e. The van der Waals surface area contributed by atoms with Gasteiger partial charge in [0.15, 0.2) is 6.10 Å². The summed E-state index contributed by atoms with van der Waals surface area (Å²) in [6, 6.07) is 6.30. The number of amides is 2. The summed E-state index contributed by atoms with van der Waals surface area (Å²) < 4.78 is 36.1. The zero-order chi connectivity index (χ0) is 16.0. The summed E-state index contributed by atoms with van der Waals surface area (Å²) in [6.07, 6.45) is -7.46. The lowest BCUT2D eigenvalue weighted by Crippen LogP contribution is -2.41. The molecule has 0 radical (unpaired) electrons. The molecule has 0 aliphatic rings. The van der Waals surface area contributed by atoms with E-state index < -0.39 is 24.7 Å². The van der Waals surface area contributed by atoms with Gasteiger partial charge in [0.2, 0.25) is 11.8 Å². The van der Waals surface area contributed by atoms with Crippen LogP contribution in [0.2, 0.25) is 0 Å². The number of hydrogen-bond acceptors (Lipinski definition) is 3. The molecule has 5 nitrogen and oxygen atoms in total. The van der Waals surface area contributed by atoms with E-state index in [1.807, 2.05) is 5.32 Å². The SMILES string of the molecule is CC(=O)Nc1ccc(CC(=O)NCC(O)C(F)(F)F)cc1. The summed E-state index contributed by atoms with van der Waals surface area (Å²) in [5.74, 6) is -0.868. The molecule has 0 saturated heterocycles. The van der Waals surface area contributed by atoms with Crippen molar-refractivity contribution in [3.05, 3.63) is 29.8 Å². The van der Waals surface area contributed by atoms with Crippen molar-refractivity contribution in [3.8, 4) is 0 Å². The van der Waals surface area contributed by atoms with Gasteiger partial charge in [0.25, 0.3) is 0 Å². The molecule has 1 rings (SSSR count). The molecule has 0 heterocycles. The van der Waals surface area contributed by atoms with Gasteiger partial charge in [0.1, 0.15) is 0 Å². The minimum Gasteiger partial charge on any atom is -0.382 e. The first-order valence-corrected chi connectivity index (χ1v) is 6.06. The Balaban J connectivity index is 2.46. The van der Waals surface area contributed by atoms with E-state index >= 15 is 0 Å². The van der Waals surface area contributed by atoms with Gasteiger partial charge in [0.05, 0.1) is 13.0 Å². The van der Waals surface area contributed by atoms with E-state index in [4.69, 9.17) is 5.11 Å². The highest BCUT2D eigenvalue weighted by atomic mass is 19.4. The van der Waals surface area contributed by atoms with Crippen LogP contribution < -0.4 is 10.6 Å². The van der Waals surface area contributed by atoms with Crippen LogP contribution in [-0.2, 0) is 16.0 Å². The molecule has 1 aromatic carbocycles. The zero-order valence-electron chi connectivity index (χ0n) is 11.2. The maximum absolute atomic E-state index is 12.0. The number of anilines is 1. The number of aliphatic hydroxyl groups excluding tert-OH is 1. The van der Waals surface area contributed by atoms with Gasteiger partial charge in [-0.2, -0.15) is 13.2 Å². The van der Waals surface area contributed by atoms with E-state index in [1.165, 1.54) is 6.92 Å². The van der Waals surface area contributed by atoms with E-state index in [2.05, 4.69) is 5.32 Å². The van der Waals surface area contributed by atoms with Gasteiger partial charge in [-0.15, -0.1) is 0 Å². The highest BCUT2D eigenvalue weighted by molar-refractivity contribution is 5.88. The normalized spacial score (nSPS) is 12.6. The molecule has 0 aliphatic heterocycles. The first-order chi connectivity index (χ1) is 9.68. The second kappa shape index (κ2) is 7.07. The lowest BCUT2D eigenvalue weighted by atomic mass is 10.1. The maximum Gasteiger partial charge on any atom is 0.416 e. The Labute approximate surface area is 119 Å². The Hall–Kier alpha value is -2.09. The van der Waals surface area contributed by atoms with Crippen LogP contribution >= 0.6 is 0 Å². The first kappa shape index (κ1) is 17.0. The molecule has 8 heteroatoms. The monoisotopic (exact) mass is 304 g/mol.